The number of aromatic carboxylic acids is 1. The minimum Gasteiger partial charge on any atom is -0.475 e. The summed E-state index contributed by atoms with van der Waals surface area (Å²) in [5.74, 6) is 0.0441. The van der Waals surface area contributed by atoms with Gasteiger partial charge in [0.1, 0.15) is 0 Å². The summed E-state index contributed by atoms with van der Waals surface area (Å²) >= 11 is 0. The highest BCUT2D eigenvalue weighted by Crippen LogP contribution is 2.40. The van der Waals surface area contributed by atoms with Crippen molar-refractivity contribution in [2.75, 3.05) is 0 Å². The van der Waals surface area contributed by atoms with Crippen LogP contribution in [0.3, 0.4) is 0 Å². The van der Waals surface area contributed by atoms with Crippen molar-refractivity contribution in [2.24, 2.45) is 11.8 Å². The van der Waals surface area contributed by atoms with Crippen molar-refractivity contribution in [2.45, 2.75) is 59.2 Å². The summed E-state index contributed by atoms with van der Waals surface area (Å²) in [7, 11) is 0. The Bertz CT molecular complexity index is 494. The molecule has 0 spiro atoms. The van der Waals surface area contributed by atoms with Crippen molar-refractivity contribution in [1.29, 1.82) is 0 Å². The van der Waals surface area contributed by atoms with Gasteiger partial charge in [-0.05, 0) is 32.1 Å². The van der Waals surface area contributed by atoms with Crippen LogP contribution in [-0.4, -0.2) is 28.3 Å². The zero-order chi connectivity index (χ0) is 15.0. The number of aromatic nitrogens is 1. The lowest BCUT2D eigenvalue weighted by Crippen LogP contribution is -2.15. The molecule has 4 unspecified atom stereocenters. The van der Waals surface area contributed by atoms with E-state index in [0.29, 0.717) is 23.9 Å². The molecule has 0 bridgehead atoms. The molecule has 0 amide bonds. The fourth-order valence-electron chi connectivity index (χ4n) is 2.90. The van der Waals surface area contributed by atoms with Crippen molar-refractivity contribution >= 4 is 5.97 Å². The monoisotopic (exact) mass is 281 g/mol. The Morgan fingerprint density at radius 2 is 1.95 bits per heavy atom. The number of carboxylic acids is 1. The first-order valence-electron chi connectivity index (χ1n) is 7.19. The van der Waals surface area contributed by atoms with Crippen LogP contribution in [0.2, 0.25) is 0 Å². The number of carbonyl (C=O) groups is 1. The minimum absolute atomic E-state index is 0.00723. The van der Waals surface area contributed by atoms with Crippen LogP contribution in [0.25, 0.3) is 0 Å². The molecule has 1 aliphatic rings. The first-order valence-corrected chi connectivity index (χ1v) is 7.19. The molecule has 5 heteroatoms. The largest absolute Gasteiger partial charge is 0.475 e. The molecule has 5 nitrogen and oxygen atoms in total. The van der Waals surface area contributed by atoms with Gasteiger partial charge in [-0.1, -0.05) is 20.8 Å². The predicted octanol–water partition coefficient (Wildman–Crippen LogP) is 3.10. The summed E-state index contributed by atoms with van der Waals surface area (Å²) in [6, 6.07) is 0. The zero-order valence-corrected chi connectivity index (χ0v) is 12.7. The smallest absolute Gasteiger partial charge is 0.373 e. The molecule has 1 fully saturated rings. The fourth-order valence-corrected chi connectivity index (χ4v) is 2.90. The van der Waals surface area contributed by atoms with E-state index in [4.69, 9.17) is 9.15 Å². The zero-order valence-electron chi connectivity index (χ0n) is 12.7. The molecule has 1 aliphatic heterocycles. The highest BCUT2D eigenvalue weighted by Gasteiger charge is 2.41. The number of oxazole rings is 1. The lowest BCUT2D eigenvalue weighted by molar-refractivity contribution is 0.0539. The Kier molecular flexibility index (Phi) is 4.18. The van der Waals surface area contributed by atoms with E-state index in [9.17, 15) is 9.90 Å². The Morgan fingerprint density at radius 3 is 2.40 bits per heavy atom. The van der Waals surface area contributed by atoms with Gasteiger partial charge in [0, 0.05) is 0 Å². The molecule has 0 aliphatic carbocycles. The molecule has 0 radical (unpaired) electrons. The van der Waals surface area contributed by atoms with Crippen LogP contribution in [0, 0.1) is 11.8 Å². The predicted molar refractivity (Wildman–Crippen MR) is 73.9 cm³/mol. The molecule has 0 aromatic carbocycles. The Labute approximate surface area is 119 Å². The van der Waals surface area contributed by atoms with E-state index in [0.717, 1.165) is 0 Å². The maximum Gasteiger partial charge on any atom is 0.373 e. The van der Waals surface area contributed by atoms with Crippen molar-refractivity contribution in [1.82, 2.24) is 4.98 Å². The lowest BCUT2D eigenvalue weighted by Gasteiger charge is -2.13. The molecule has 0 saturated carbocycles. The molecule has 20 heavy (non-hydrogen) atoms. The molecular formula is C15H23NO4. The van der Waals surface area contributed by atoms with Gasteiger partial charge in [0.2, 0.25) is 11.7 Å². The molecule has 1 aromatic rings. The Balaban J connectivity index is 2.35. The standard InChI is InChI=1S/C15H23NO4/c1-7(2)6-11-13(15(17)18)20-14(16-11)12-8(3)9(4)19-10(12)5/h7-10,12H,6H2,1-5H3,(H,17,18). The van der Waals surface area contributed by atoms with E-state index < -0.39 is 5.97 Å². The second-order valence-electron chi connectivity index (χ2n) is 6.16. The summed E-state index contributed by atoms with van der Waals surface area (Å²) < 4.78 is 11.3. The van der Waals surface area contributed by atoms with Gasteiger partial charge in [0.25, 0.3) is 0 Å². The molecule has 1 N–H and O–H groups in total. The second-order valence-corrected chi connectivity index (χ2v) is 6.16. The summed E-state index contributed by atoms with van der Waals surface area (Å²) in [5.41, 5.74) is 0.543. The highest BCUT2D eigenvalue weighted by atomic mass is 16.5. The lowest BCUT2D eigenvalue weighted by atomic mass is 9.89. The summed E-state index contributed by atoms with van der Waals surface area (Å²) in [5, 5.41) is 9.25. The van der Waals surface area contributed by atoms with Crippen LogP contribution in [-0.2, 0) is 11.2 Å². The number of nitrogens with zero attached hydrogens (tertiary/aromatic N) is 1. The van der Waals surface area contributed by atoms with Gasteiger partial charge in [-0.2, -0.15) is 0 Å². The first-order chi connectivity index (χ1) is 9.31. The highest BCUT2D eigenvalue weighted by molar-refractivity contribution is 5.85. The number of hydrogen-bond acceptors (Lipinski definition) is 4. The van der Waals surface area contributed by atoms with Crippen LogP contribution >= 0.6 is 0 Å². The number of ether oxygens (including phenoxy) is 1. The summed E-state index contributed by atoms with van der Waals surface area (Å²) in [6.45, 7) is 10.2. The van der Waals surface area contributed by atoms with Gasteiger partial charge in [-0.3, -0.25) is 0 Å². The SMILES string of the molecule is CC(C)Cc1nc(C2C(C)OC(C)C2C)oc1C(=O)O. The van der Waals surface area contributed by atoms with Crippen LogP contribution in [0.4, 0.5) is 0 Å². The third-order valence-corrected chi connectivity index (χ3v) is 4.04. The molecular weight excluding hydrogens is 258 g/mol. The quantitative estimate of drug-likeness (QED) is 0.918. The van der Waals surface area contributed by atoms with Gasteiger partial charge in [0.15, 0.2) is 0 Å². The first kappa shape index (κ1) is 15.0. The Hall–Kier alpha value is -1.36. The van der Waals surface area contributed by atoms with Crippen LogP contribution in [0.5, 0.6) is 0 Å². The van der Waals surface area contributed by atoms with E-state index in [1.54, 1.807) is 0 Å². The van der Waals surface area contributed by atoms with Gasteiger partial charge in [-0.25, -0.2) is 9.78 Å². The van der Waals surface area contributed by atoms with E-state index in [1.807, 2.05) is 27.7 Å². The molecule has 1 saturated heterocycles. The van der Waals surface area contributed by atoms with Gasteiger partial charge >= 0.3 is 5.97 Å². The fraction of sp³-hybridized carbons (Fsp3) is 0.733. The van der Waals surface area contributed by atoms with E-state index >= 15 is 0 Å². The number of carboxylic acid groups (broad SMARTS) is 1. The molecule has 2 rings (SSSR count). The third-order valence-electron chi connectivity index (χ3n) is 4.04. The molecule has 2 heterocycles. The maximum atomic E-state index is 11.3. The van der Waals surface area contributed by atoms with E-state index in [1.165, 1.54) is 0 Å². The van der Waals surface area contributed by atoms with E-state index in [-0.39, 0.29) is 29.8 Å². The van der Waals surface area contributed by atoms with Crippen molar-refractivity contribution in [3.05, 3.63) is 17.3 Å². The van der Waals surface area contributed by atoms with Crippen molar-refractivity contribution in [3.63, 3.8) is 0 Å². The number of hydrogen-bond donors (Lipinski definition) is 1. The van der Waals surface area contributed by atoms with E-state index in [2.05, 4.69) is 11.9 Å². The second kappa shape index (κ2) is 5.56. The number of rotatable bonds is 4. The normalized spacial score (nSPS) is 30.1. The van der Waals surface area contributed by atoms with Gasteiger partial charge in [-0.15, -0.1) is 0 Å². The van der Waals surface area contributed by atoms with Gasteiger partial charge < -0.3 is 14.3 Å². The minimum atomic E-state index is -1.05. The Morgan fingerprint density at radius 1 is 1.30 bits per heavy atom. The van der Waals surface area contributed by atoms with Gasteiger partial charge in [0.05, 0.1) is 23.8 Å². The van der Waals surface area contributed by atoms with Crippen molar-refractivity contribution < 1.29 is 19.1 Å². The van der Waals surface area contributed by atoms with Crippen molar-refractivity contribution in [3.8, 4) is 0 Å². The molecule has 1 aromatic heterocycles. The summed E-state index contributed by atoms with van der Waals surface area (Å²) in [4.78, 5) is 15.8. The average Bonchev–Trinajstić information content (AvgIpc) is 2.81. The molecule has 112 valence electrons. The third kappa shape index (κ3) is 2.73. The topological polar surface area (TPSA) is 72.6 Å². The maximum absolute atomic E-state index is 11.3. The average molecular weight is 281 g/mol. The van der Waals surface area contributed by atoms with Crippen LogP contribution < -0.4 is 0 Å². The summed E-state index contributed by atoms with van der Waals surface area (Å²) in [6.07, 6.45) is 0.729. The van der Waals surface area contributed by atoms with Crippen LogP contribution in [0.1, 0.15) is 62.7 Å². The van der Waals surface area contributed by atoms with Crippen LogP contribution in [0.15, 0.2) is 4.42 Å². The molecule has 4 atom stereocenters.